The Morgan fingerprint density at radius 2 is 2.21 bits per heavy atom. The fourth-order valence-corrected chi connectivity index (χ4v) is 1.21. The molecule has 1 aromatic heterocycles. The van der Waals surface area contributed by atoms with Gasteiger partial charge in [0, 0.05) is 20.0 Å². The van der Waals surface area contributed by atoms with Gasteiger partial charge in [0.25, 0.3) is 0 Å². The van der Waals surface area contributed by atoms with Crippen molar-refractivity contribution in [2.75, 3.05) is 13.1 Å². The highest BCUT2D eigenvalue weighted by Gasteiger charge is 1.98. The molecular formula is C10H20N4. The van der Waals surface area contributed by atoms with Gasteiger partial charge in [-0.05, 0) is 18.9 Å². The van der Waals surface area contributed by atoms with Crippen molar-refractivity contribution >= 4 is 0 Å². The van der Waals surface area contributed by atoms with E-state index in [9.17, 15) is 0 Å². The highest BCUT2D eigenvalue weighted by molar-refractivity contribution is 4.81. The number of nitrogens with zero attached hydrogens (tertiary/aromatic N) is 3. The lowest BCUT2D eigenvalue weighted by molar-refractivity contribution is 0.536. The Labute approximate surface area is 85.7 Å². The normalized spacial score (nSPS) is 11.1. The number of rotatable bonds is 6. The summed E-state index contributed by atoms with van der Waals surface area (Å²) < 4.78 is 1.74. The van der Waals surface area contributed by atoms with Gasteiger partial charge in [0.1, 0.15) is 6.33 Å². The van der Waals surface area contributed by atoms with Crippen LogP contribution >= 0.6 is 0 Å². The molecule has 0 unspecified atom stereocenters. The molecule has 0 fully saturated rings. The van der Waals surface area contributed by atoms with E-state index in [1.165, 1.54) is 6.42 Å². The summed E-state index contributed by atoms with van der Waals surface area (Å²) in [6.07, 6.45) is 3.89. The third-order valence-corrected chi connectivity index (χ3v) is 2.07. The summed E-state index contributed by atoms with van der Waals surface area (Å²) in [4.78, 5) is 4.16. The van der Waals surface area contributed by atoms with E-state index in [2.05, 4.69) is 29.2 Å². The van der Waals surface area contributed by atoms with E-state index in [0.717, 1.165) is 31.3 Å². The standard InChI is InChI=1S/C10H20N4/c1-9(2)4-6-11-7-5-10-12-8-14(3)13-10/h8-9,11H,4-7H2,1-3H3. The molecule has 0 saturated heterocycles. The van der Waals surface area contributed by atoms with Crippen molar-refractivity contribution in [1.29, 1.82) is 0 Å². The molecule has 4 nitrogen and oxygen atoms in total. The molecule has 0 bridgehead atoms. The van der Waals surface area contributed by atoms with E-state index in [1.807, 2.05) is 7.05 Å². The highest BCUT2D eigenvalue weighted by Crippen LogP contribution is 1.96. The maximum atomic E-state index is 4.21. The smallest absolute Gasteiger partial charge is 0.151 e. The van der Waals surface area contributed by atoms with Crippen molar-refractivity contribution in [2.24, 2.45) is 13.0 Å². The van der Waals surface area contributed by atoms with Crippen LogP contribution in [-0.4, -0.2) is 27.9 Å². The summed E-state index contributed by atoms with van der Waals surface area (Å²) in [5.74, 6) is 1.69. The van der Waals surface area contributed by atoms with Gasteiger partial charge < -0.3 is 5.32 Å². The zero-order valence-corrected chi connectivity index (χ0v) is 9.32. The first-order valence-electron chi connectivity index (χ1n) is 5.23. The molecule has 1 aromatic rings. The monoisotopic (exact) mass is 196 g/mol. The second kappa shape index (κ2) is 5.75. The molecule has 0 atom stereocenters. The number of nitrogens with one attached hydrogen (secondary N) is 1. The summed E-state index contributed by atoms with van der Waals surface area (Å²) in [6, 6.07) is 0. The predicted molar refractivity (Wildman–Crippen MR) is 57.0 cm³/mol. The van der Waals surface area contributed by atoms with E-state index in [1.54, 1.807) is 11.0 Å². The number of aromatic nitrogens is 3. The molecule has 1 rings (SSSR count). The quantitative estimate of drug-likeness (QED) is 0.690. The molecule has 80 valence electrons. The van der Waals surface area contributed by atoms with Crippen LogP contribution < -0.4 is 5.32 Å². The van der Waals surface area contributed by atoms with Gasteiger partial charge in [-0.15, -0.1) is 0 Å². The Bertz CT molecular complexity index is 254. The first kappa shape index (κ1) is 11.2. The van der Waals surface area contributed by atoms with Crippen molar-refractivity contribution in [3.05, 3.63) is 12.2 Å². The molecule has 0 radical (unpaired) electrons. The summed E-state index contributed by atoms with van der Waals surface area (Å²) in [5.41, 5.74) is 0. The van der Waals surface area contributed by atoms with E-state index in [4.69, 9.17) is 0 Å². The summed E-state index contributed by atoms with van der Waals surface area (Å²) in [6.45, 7) is 6.53. The van der Waals surface area contributed by atoms with Crippen LogP contribution in [0.5, 0.6) is 0 Å². The lowest BCUT2D eigenvalue weighted by atomic mass is 10.1. The van der Waals surface area contributed by atoms with E-state index >= 15 is 0 Å². The van der Waals surface area contributed by atoms with Crippen LogP contribution in [-0.2, 0) is 13.5 Å². The summed E-state index contributed by atoms with van der Waals surface area (Å²) in [7, 11) is 1.89. The molecule has 0 aliphatic carbocycles. The average molecular weight is 196 g/mol. The van der Waals surface area contributed by atoms with Crippen LogP contribution in [0.25, 0.3) is 0 Å². The minimum absolute atomic E-state index is 0.774. The molecule has 0 spiro atoms. The second-order valence-corrected chi connectivity index (χ2v) is 4.02. The second-order valence-electron chi connectivity index (χ2n) is 4.02. The summed E-state index contributed by atoms with van der Waals surface area (Å²) >= 11 is 0. The molecule has 0 amide bonds. The van der Waals surface area contributed by atoms with Crippen molar-refractivity contribution in [3.8, 4) is 0 Å². The third kappa shape index (κ3) is 4.37. The van der Waals surface area contributed by atoms with E-state index in [0.29, 0.717) is 0 Å². The van der Waals surface area contributed by atoms with Gasteiger partial charge in [-0.2, -0.15) is 5.10 Å². The number of hydrogen-bond donors (Lipinski definition) is 1. The predicted octanol–water partition coefficient (Wildman–Crippen LogP) is 0.993. The Kier molecular flexibility index (Phi) is 4.59. The van der Waals surface area contributed by atoms with Crippen LogP contribution in [0, 0.1) is 5.92 Å². The van der Waals surface area contributed by atoms with Crippen molar-refractivity contribution in [3.63, 3.8) is 0 Å². The van der Waals surface area contributed by atoms with Gasteiger partial charge in [0.05, 0.1) is 0 Å². The molecule has 0 aliphatic heterocycles. The SMILES string of the molecule is CC(C)CCNCCc1ncn(C)n1. The first-order valence-corrected chi connectivity index (χ1v) is 5.23. The fourth-order valence-electron chi connectivity index (χ4n) is 1.21. The average Bonchev–Trinajstić information content (AvgIpc) is 2.50. The van der Waals surface area contributed by atoms with Crippen molar-refractivity contribution in [2.45, 2.75) is 26.7 Å². The molecule has 4 heteroatoms. The molecule has 0 saturated carbocycles. The van der Waals surface area contributed by atoms with Crippen molar-refractivity contribution in [1.82, 2.24) is 20.1 Å². The maximum absolute atomic E-state index is 4.21. The van der Waals surface area contributed by atoms with Gasteiger partial charge >= 0.3 is 0 Å². The molecule has 1 heterocycles. The molecule has 0 aromatic carbocycles. The largest absolute Gasteiger partial charge is 0.316 e. The van der Waals surface area contributed by atoms with E-state index < -0.39 is 0 Å². The molecule has 1 N–H and O–H groups in total. The van der Waals surface area contributed by atoms with E-state index in [-0.39, 0.29) is 0 Å². The zero-order valence-electron chi connectivity index (χ0n) is 9.32. The molecule has 14 heavy (non-hydrogen) atoms. The zero-order chi connectivity index (χ0) is 10.4. The lowest BCUT2D eigenvalue weighted by Crippen LogP contribution is -2.20. The Morgan fingerprint density at radius 3 is 2.79 bits per heavy atom. The number of aryl methyl sites for hydroxylation is 1. The van der Waals surface area contributed by atoms with Crippen LogP contribution in [0.3, 0.4) is 0 Å². The molecule has 0 aliphatic rings. The fraction of sp³-hybridized carbons (Fsp3) is 0.800. The maximum Gasteiger partial charge on any atom is 0.151 e. The number of hydrogen-bond acceptors (Lipinski definition) is 3. The van der Waals surface area contributed by atoms with Crippen molar-refractivity contribution < 1.29 is 0 Å². The third-order valence-electron chi connectivity index (χ3n) is 2.07. The minimum Gasteiger partial charge on any atom is -0.316 e. The van der Waals surface area contributed by atoms with Crippen LogP contribution in [0.4, 0.5) is 0 Å². The Balaban J connectivity index is 2.04. The lowest BCUT2D eigenvalue weighted by Gasteiger charge is -2.05. The van der Waals surface area contributed by atoms with Gasteiger partial charge in [-0.25, -0.2) is 4.98 Å². The Hall–Kier alpha value is -0.900. The van der Waals surface area contributed by atoms with Gasteiger partial charge in [0.15, 0.2) is 5.82 Å². The van der Waals surface area contributed by atoms with Crippen LogP contribution in [0.2, 0.25) is 0 Å². The van der Waals surface area contributed by atoms with Crippen LogP contribution in [0.15, 0.2) is 6.33 Å². The Morgan fingerprint density at radius 1 is 1.43 bits per heavy atom. The highest BCUT2D eigenvalue weighted by atomic mass is 15.3. The van der Waals surface area contributed by atoms with Crippen LogP contribution in [0.1, 0.15) is 26.1 Å². The van der Waals surface area contributed by atoms with Gasteiger partial charge in [0.2, 0.25) is 0 Å². The van der Waals surface area contributed by atoms with Gasteiger partial charge in [-0.3, -0.25) is 4.68 Å². The minimum atomic E-state index is 0.774. The topological polar surface area (TPSA) is 42.7 Å². The first-order chi connectivity index (χ1) is 6.68. The molecular weight excluding hydrogens is 176 g/mol. The van der Waals surface area contributed by atoms with Gasteiger partial charge in [-0.1, -0.05) is 13.8 Å². The summed E-state index contributed by atoms with van der Waals surface area (Å²) in [5, 5.41) is 7.59.